The minimum atomic E-state index is -0.641. The molecular weight excluding hydrogens is 359 g/mol. The largest absolute Gasteiger partial charge is 0.497 e. The second-order valence-electron chi connectivity index (χ2n) is 6.43. The fraction of sp³-hybridized carbons (Fsp3) is 0.143. The van der Waals surface area contributed by atoms with E-state index < -0.39 is 5.91 Å². The quantitative estimate of drug-likeness (QED) is 0.589. The second kappa shape index (κ2) is 7.96. The molecule has 0 radical (unpaired) electrons. The molecule has 6 nitrogen and oxygen atoms in total. The second-order valence-corrected chi connectivity index (χ2v) is 6.43. The standard InChI is InChI=1S/C21H21FN4O2/c1-12-6-14(22)9-15(7-12)26-21-18(20(23)27)10-16(11-24-21)25-19-5-4-17(28-3)8-13(19)2/h4-11,25H,1-3H3,(H2,23,27)(H,24,26). The van der Waals surface area contributed by atoms with Crippen molar-refractivity contribution < 1.29 is 13.9 Å². The van der Waals surface area contributed by atoms with Crippen molar-refractivity contribution in [3.8, 4) is 5.75 Å². The minimum Gasteiger partial charge on any atom is -0.497 e. The number of aromatic nitrogens is 1. The number of carbonyl (C=O) groups is 1. The number of amides is 1. The molecule has 0 aliphatic heterocycles. The number of hydrogen-bond acceptors (Lipinski definition) is 5. The van der Waals surface area contributed by atoms with Crippen molar-refractivity contribution in [2.24, 2.45) is 5.73 Å². The first-order valence-electron chi connectivity index (χ1n) is 8.61. The van der Waals surface area contributed by atoms with Crippen LogP contribution in [0.5, 0.6) is 5.75 Å². The topological polar surface area (TPSA) is 89.3 Å². The molecule has 3 rings (SSSR count). The summed E-state index contributed by atoms with van der Waals surface area (Å²) in [5.74, 6) is -0.00643. The fourth-order valence-corrected chi connectivity index (χ4v) is 2.82. The van der Waals surface area contributed by atoms with Crippen LogP contribution < -0.4 is 21.1 Å². The molecule has 1 heterocycles. The van der Waals surface area contributed by atoms with E-state index in [4.69, 9.17) is 10.5 Å². The summed E-state index contributed by atoms with van der Waals surface area (Å²) in [7, 11) is 1.61. The van der Waals surface area contributed by atoms with Gasteiger partial charge in [0, 0.05) is 11.4 Å². The number of pyridine rings is 1. The predicted octanol–water partition coefficient (Wildman–Crippen LogP) is 4.43. The van der Waals surface area contributed by atoms with Crippen LogP contribution in [0.2, 0.25) is 0 Å². The summed E-state index contributed by atoms with van der Waals surface area (Å²) in [5, 5.41) is 6.17. The van der Waals surface area contributed by atoms with Crippen LogP contribution in [0.3, 0.4) is 0 Å². The van der Waals surface area contributed by atoms with Gasteiger partial charge in [0.2, 0.25) is 0 Å². The normalized spacial score (nSPS) is 10.4. The number of nitrogens with zero attached hydrogens (tertiary/aromatic N) is 1. The molecule has 2 aromatic carbocycles. The van der Waals surface area contributed by atoms with Crippen LogP contribution in [-0.2, 0) is 0 Å². The zero-order chi connectivity index (χ0) is 20.3. The first kappa shape index (κ1) is 19.2. The van der Waals surface area contributed by atoms with Crippen LogP contribution >= 0.6 is 0 Å². The monoisotopic (exact) mass is 380 g/mol. The van der Waals surface area contributed by atoms with Gasteiger partial charge in [0.1, 0.15) is 17.4 Å². The molecule has 0 saturated carbocycles. The average molecular weight is 380 g/mol. The van der Waals surface area contributed by atoms with E-state index in [0.717, 1.165) is 22.6 Å². The van der Waals surface area contributed by atoms with Crippen molar-refractivity contribution in [2.75, 3.05) is 17.7 Å². The Kier molecular flexibility index (Phi) is 5.44. The molecule has 1 aromatic heterocycles. The lowest BCUT2D eigenvalue weighted by molar-refractivity contribution is 0.100. The molecule has 0 aliphatic rings. The Morgan fingerprint density at radius 2 is 1.86 bits per heavy atom. The van der Waals surface area contributed by atoms with Gasteiger partial charge in [0.15, 0.2) is 0 Å². The molecule has 0 aliphatic carbocycles. The third-order valence-corrected chi connectivity index (χ3v) is 4.17. The van der Waals surface area contributed by atoms with Gasteiger partial charge < -0.3 is 21.1 Å². The number of halogens is 1. The van der Waals surface area contributed by atoms with Gasteiger partial charge in [-0.2, -0.15) is 0 Å². The van der Waals surface area contributed by atoms with Crippen LogP contribution in [0.4, 0.5) is 27.3 Å². The number of benzene rings is 2. The van der Waals surface area contributed by atoms with Gasteiger partial charge in [-0.15, -0.1) is 0 Å². The molecule has 0 saturated heterocycles. The van der Waals surface area contributed by atoms with Crippen LogP contribution in [0.15, 0.2) is 48.7 Å². The number of carbonyl (C=O) groups excluding carboxylic acids is 1. The maximum absolute atomic E-state index is 13.6. The van der Waals surface area contributed by atoms with Crippen molar-refractivity contribution in [1.29, 1.82) is 0 Å². The van der Waals surface area contributed by atoms with Crippen LogP contribution in [0, 0.1) is 19.7 Å². The first-order valence-corrected chi connectivity index (χ1v) is 8.61. The summed E-state index contributed by atoms with van der Waals surface area (Å²) in [6.45, 7) is 3.72. The van der Waals surface area contributed by atoms with Crippen molar-refractivity contribution in [2.45, 2.75) is 13.8 Å². The highest BCUT2D eigenvalue weighted by atomic mass is 19.1. The molecule has 0 bridgehead atoms. The molecule has 0 atom stereocenters. The molecule has 4 N–H and O–H groups in total. The number of methoxy groups -OCH3 is 1. The molecular formula is C21H21FN4O2. The van der Waals surface area contributed by atoms with Gasteiger partial charge >= 0.3 is 0 Å². The van der Waals surface area contributed by atoms with Crippen molar-refractivity contribution in [3.05, 3.63) is 71.2 Å². The number of primary amides is 1. The third-order valence-electron chi connectivity index (χ3n) is 4.17. The van der Waals surface area contributed by atoms with Crippen molar-refractivity contribution in [1.82, 2.24) is 4.98 Å². The van der Waals surface area contributed by atoms with Gasteiger partial charge in [-0.3, -0.25) is 4.79 Å². The highest BCUT2D eigenvalue weighted by Crippen LogP contribution is 2.27. The molecule has 1 amide bonds. The molecule has 3 aromatic rings. The SMILES string of the molecule is COc1ccc(Nc2cnc(Nc3cc(C)cc(F)c3)c(C(N)=O)c2)c(C)c1. The number of anilines is 4. The van der Waals surface area contributed by atoms with Gasteiger partial charge in [0.25, 0.3) is 5.91 Å². The van der Waals surface area contributed by atoms with Crippen molar-refractivity contribution in [3.63, 3.8) is 0 Å². The molecule has 7 heteroatoms. The van der Waals surface area contributed by atoms with E-state index >= 15 is 0 Å². The molecule has 28 heavy (non-hydrogen) atoms. The fourth-order valence-electron chi connectivity index (χ4n) is 2.82. The molecule has 0 fully saturated rings. The Morgan fingerprint density at radius 1 is 1.07 bits per heavy atom. The Morgan fingerprint density at radius 3 is 2.50 bits per heavy atom. The number of nitrogens with one attached hydrogen (secondary N) is 2. The van der Waals surface area contributed by atoms with E-state index in [-0.39, 0.29) is 17.2 Å². The van der Waals surface area contributed by atoms with Gasteiger partial charge in [-0.25, -0.2) is 9.37 Å². The van der Waals surface area contributed by atoms with E-state index in [9.17, 15) is 9.18 Å². The van der Waals surface area contributed by atoms with Crippen LogP contribution in [-0.4, -0.2) is 18.0 Å². The Hall–Kier alpha value is -3.61. The van der Waals surface area contributed by atoms with E-state index in [1.165, 1.54) is 12.1 Å². The molecule has 0 spiro atoms. The summed E-state index contributed by atoms with van der Waals surface area (Å²) in [6.07, 6.45) is 1.57. The van der Waals surface area contributed by atoms with Gasteiger partial charge in [-0.05, 0) is 67.4 Å². The van der Waals surface area contributed by atoms with E-state index in [2.05, 4.69) is 15.6 Å². The predicted molar refractivity (Wildman–Crippen MR) is 108 cm³/mol. The zero-order valence-corrected chi connectivity index (χ0v) is 15.8. The number of hydrogen-bond donors (Lipinski definition) is 3. The van der Waals surface area contributed by atoms with E-state index in [0.29, 0.717) is 11.4 Å². The Bertz CT molecular complexity index is 1020. The smallest absolute Gasteiger partial charge is 0.252 e. The number of ether oxygens (including phenoxy) is 1. The third kappa shape index (κ3) is 4.37. The first-order chi connectivity index (χ1) is 13.4. The average Bonchev–Trinajstić information content (AvgIpc) is 2.63. The van der Waals surface area contributed by atoms with Crippen LogP contribution in [0.25, 0.3) is 0 Å². The van der Waals surface area contributed by atoms with Gasteiger partial charge in [-0.1, -0.05) is 0 Å². The number of aryl methyl sites for hydroxylation is 2. The lowest BCUT2D eigenvalue weighted by Gasteiger charge is -2.14. The number of rotatable bonds is 6. The summed E-state index contributed by atoms with van der Waals surface area (Å²) >= 11 is 0. The zero-order valence-electron chi connectivity index (χ0n) is 15.8. The minimum absolute atomic E-state index is 0.193. The molecule has 144 valence electrons. The van der Waals surface area contributed by atoms with E-state index in [1.54, 1.807) is 32.4 Å². The van der Waals surface area contributed by atoms with Gasteiger partial charge in [0.05, 0.1) is 24.6 Å². The Labute approximate surface area is 162 Å². The summed E-state index contributed by atoms with van der Waals surface area (Å²) in [5.41, 5.74) is 9.36. The Balaban J connectivity index is 1.90. The summed E-state index contributed by atoms with van der Waals surface area (Å²) in [6, 6.07) is 11.7. The lowest BCUT2D eigenvalue weighted by atomic mass is 10.1. The van der Waals surface area contributed by atoms with Crippen molar-refractivity contribution >= 4 is 28.8 Å². The summed E-state index contributed by atoms with van der Waals surface area (Å²) < 4.78 is 18.8. The highest BCUT2D eigenvalue weighted by Gasteiger charge is 2.13. The molecule has 0 unspecified atom stereocenters. The number of nitrogens with two attached hydrogens (primary N) is 1. The summed E-state index contributed by atoms with van der Waals surface area (Å²) in [4.78, 5) is 16.2. The highest BCUT2D eigenvalue weighted by molar-refractivity contribution is 5.99. The van der Waals surface area contributed by atoms with Crippen LogP contribution in [0.1, 0.15) is 21.5 Å². The maximum Gasteiger partial charge on any atom is 0.252 e. The maximum atomic E-state index is 13.6. The van der Waals surface area contributed by atoms with E-state index in [1.807, 2.05) is 25.1 Å². The lowest BCUT2D eigenvalue weighted by Crippen LogP contribution is -2.15.